The molecule has 0 aliphatic carbocycles. The summed E-state index contributed by atoms with van der Waals surface area (Å²) in [6.45, 7) is 0. The number of ether oxygens (including phenoxy) is 1. The first-order valence-electron chi connectivity index (χ1n) is 6.88. The van der Waals surface area contributed by atoms with Crippen molar-refractivity contribution in [3.8, 4) is 11.8 Å². The Morgan fingerprint density at radius 1 is 1.18 bits per heavy atom. The van der Waals surface area contributed by atoms with Crippen LogP contribution >= 0.6 is 0 Å². The highest BCUT2D eigenvalue weighted by atomic mass is 16.5. The lowest BCUT2D eigenvalue weighted by atomic mass is 9.95. The molecule has 22 heavy (non-hydrogen) atoms. The van der Waals surface area contributed by atoms with E-state index in [1.54, 1.807) is 43.6 Å². The molecule has 1 aliphatic rings. The van der Waals surface area contributed by atoms with Gasteiger partial charge in [-0.25, -0.2) is 0 Å². The number of nitrogens with zero attached hydrogens (tertiary/aromatic N) is 2. The van der Waals surface area contributed by atoms with Crippen molar-refractivity contribution in [2.75, 3.05) is 7.11 Å². The molecule has 0 radical (unpaired) electrons. The van der Waals surface area contributed by atoms with Gasteiger partial charge in [0.05, 0.1) is 13.2 Å². The first-order chi connectivity index (χ1) is 10.8. The van der Waals surface area contributed by atoms with Crippen molar-refractivity contribution in [2.45, 2.75) is 6.04 Å². The summed E-state index contributed by atoms with van der Waals surface area (Å²) in [6, 6.07) is 16.0. The largest absolute Gasteiger partial charge is 0.496 e. The number of nitriles is 1. The van der Waals surface area contributed by atoms with Crippen LogP contribution in [-0.4, -0.2) is 17.9 Å². The van der Waals surface area contributed by atoms with E-state index in [1.165, 1.54) is 4.90 Å². The first-order valence-corrected chi connectivity index (χ1v) is 6.88. The summed E-state index contributed by atoms with van der Waals surface area (Å²) in [5.74, 6) is 0.402. The summed E-state index contributed by atoms with van der Waals surface area (Å²) in [4.78, 5) is 14.1. The maximum atomic E-state index is 12.7. The molecule has 1 unspecified atom stereocenters. The van der Waals surface area contributed by atoms with Gasteiger partial charge in [0.25, 0.3) is 5.91 Å². The van der Waals surface area contributed by atoms with E-state index in [4.69, 9.17) is 4.74 Å². The van der Waals surface area contributed by atoms with Crippen molar-refractivity contribution >= 4 is 12.0 Å². The van der Waals surface area contributed by atoms with Crippen molar-refractivity contribution in [1.82, 2.24) is 4.90 Å². The van der Waals surface area contributed by atoms with E-state index in [1.807, 2.05) is 24.3 Å². The predicted octanol–water partition coefficient (Wildman–Crippen LogP) is 3.39. The van der Waals surface area contributed by atoms with Crippen LogP contribution in [0.25, 0.3) is 6.08 Å². The first kappa shape index (κ1) is 13.9. The van der Waals surface area contributed by atoms with E-state index in [0.29, 0.717) is 11.3 Å². The fraction of sp³-hybridized carbons (Fsp3) is 0.111. The number of carbonyl (C=O) groups is 1. The molecule has 0 bridgehead atoms. The molecule has 0 saturated carbocycles. The number of hydrogen-bond acceptors (Lipinski definition) is 3. The summed E-state index contributed by atoms with van der Waals surface area (Å²) >= 11 is 0. The molecule has 0 saturated heterocycles. The number of methoxy groups -OCH3 is 1. The minimum atomic E-state index is -0.705. The Labute approximate surface area is 128 Å². The monoisotopic (exact) mass is 290 g/mol. The Morgan fingerprint density at radius 2 is 1.95 bits per heavy atom. The van der Waals surface area contributed by atoms with E-state index in [0.717, 1.165) is 11.1 Å². The third-order valence-corrected chi connectivity index (χ3v) is 3.66. The zero-order valence-electron chi connectivity index (χ0n) is 12.1. The number of fused-ring (bicyclic) bond motifs is 1. The molecule has 1 aliphatic heterocycles. The quantitative estimate of drug-likeness (QED) is 0.852. The molecule has 0 aromatic heterocycles. The van der Waals surface area contributed by atoms with Gasteiger partial charge in [-0.15, -0.1) is 0 Å². The van der Waals surface area contributed by atoms with Crippen LogP contribution in [0.15, 0.2) is 54.7 Å². The molecule has 4 heteroatoms. The highest BCUT2D eigenvalue weighted by Crippen LogP contribution is 2.37. The van der Waals surface area contributed by atoms with Crippen LogP contribution in [-0.2, 0) is 0 Å². The van der Waals surface area contributed by atoms with Gasteiger partial charge in [0.2, 0.25) is 0 Å². The Balaban J connectivity index is 2.06. The molecule has 1 atom stereocenters. The van der Waals surface area contributed by atoms with Gasteiger partial charge in [-0.05, 0) is 29.8 Å². The van der Waals surface area contributed by atoms with Crippen LogP contribution in [0.3, 0.4) is 0 Å². The number of amides is 1. The van der Waals surface area contributed by atoms with Gasteiger partial charge in [-0.3, -0.25) is 9.69 Å². The normalized spacial score (nSPS) is 15.8. The molecule has 0 spiro atoms. The zero-order chi connectivity index (χ0) is 15.5. The number of hydrogen-bond donors (Lipinski definition) is 0. The lowest BCUT2D eigenvalue weighted by Crippen LogP contribution is -2.32. The predicted molar refractivity (Wildman–Crippen MR) is 83.0 cm³/mol. The number of carbonyl (C=O) groups excluding carboxylic acids is 1. The lowest BCUT2D eigenvalue weighted by Gasteiger charge is -2.29. The third kappa shape index (κ3) is 2.23. The second-order valence-corrected chi connectivity index (χ2v) is 4.89. The summed E-state index contributed by atoms with van der Waals surface area (Å²) in [5, 5.41) is 9.59. The topological polar surface area (TPSA) is 53.3 Å². The molecule has 1 heterocycles. The van der Waals surface area contributed by atoms with E-state index in [-0.39, 0.29) is 5.91 Å². The molecular weight excluding hydrogens is 276 g/mol. The Hall–Kier alpha value is -3.06. The summed E-state index contributed by atoms with van der Waals surface area (Å²) < 4.78 is 5.36. The van der Waals surface area contributed by atoms with Gasteiger partial charge in [-0.2, -0.15) is 5.26 Å². The van der Waals surface area contributed by atoms with Crippen molar-refractivity contribution in [2.24, 2.45) is 0 Å². The molecule has 2 aromatic carbocycles. The van der Waals surface area contributed by atoms with Crippen LogP contribution in [0.5, 0.6) is 5.75 Å². The number of benzene rings is 2. The van der Waals surface area contributed by atoms with E-state index in [9.17, 15) is 10.1 Å². The van der Waals surface area contributed by atoms with E-state index in [2.05, 4.69) is 6.07 Å². The summed E-state index contributed by atoms with van der Waals surface area (Å²) in [5.41, 5.74) is 2.16. The van der Waals surface area contributed by atoms with Gasteiger partial charge in [0.15, 0.2) is 6.04 Å². The molecule has 0 fully saturated rings. The van der Waals surface area contributed by atoms with Gasteiger partial charge < -0.3 is 4.74 Å². The zero-order valence-corrected chi connectivity index (χ0v) is 12.1. The van der Waals surface area contributed by atoms with E-state index < -0.39 is 6.04 Å². The van der Waals surface area contributed by atoms with Crippen LogP contribution in [0.1, 0.15) is 27.5 Å². The Kier molecular flexibility index (Phi) is 3.63. The fourth-order valence-corrected chi connectivity index (χ4v) is 2.60. The highest BCUT2D eigenvalue weighted by Gasteiger charge is 2.31. The average Bonchev–Trinajstić information content (AvgIpc) is 2.60. The maximum absolute atomic E-state index is 12.7. The summed E-state index contributed by atoms with van der Waals surface area (Å²) in [7, 11) is 1.56. The van der Waals surface area contributed by atoms with Crippen molar-refractivity contribution in [3.63, 3.8) is 0 Å². The number of rotatable bonds is 2. The van der Waals surface area contributed by atoms with Crippen LogP contribution in [0.4, 0.5) is 0 Å². The molecule has 2 aromatic rings. The minimum Gasteiger partial charge on any atom is -0.496 e. The van der Waals surface area contributed by atoms with Crippen molar-refractivity contribution in [3.05, 3.63) is 71.4 Å². The highest BCUT2D eigenvalue weighted by molar-refractivity contribution is 5.96. The van der Waals surface area contributed by atoms with Crippen LogP contribution < -0.4 is 4.74 Å². The third-order valence-electron chi connectivity index (χ3n) is 3.66. The van der Waals surface area contributed by atoms with Crippen molar-refractivity contribution < 1.29 is 9.53 Å². The second kappa shape index (κ2) is 5.74. The fourth-order valence-electron chi connectivity index (χ4n) is 2.60. The molecule has 4 nitrogen and oxygen atoms in total. The van der Waals surface area contributed by atoms with Crippen LogP contribution in [0.2, 0.25) is 0 Å². The van der Waals surface area contributed by atoms with Gasteiger partial charge in [-0.1, -0.05) is 30.3 Å². The Bertz CT molecular complexity index is 775. The SMILES string of the molecule is COc1cccc2c1C(C#N)N(C(=O)c1ccccc1)C=C2. The molecule has 0 N–H and O–H groups in total. The average molecular weight is 290 g/mol. The smallest absolute Gasteiger partial charge is 0.259 e. The van der Waals surface area contributed by atoms with Crippen molar-refractivity contribution in [1.29, 1.82) is 5.26 Å². The van der Waals surface area contributed by atoms with Gasteiger partial charge >= 0.3 is 0 Å². The molecular formula is C18H14N2O2. The van der Waals surface area contributed by atoms with E-state index >= 15 is 0 Å². The van der Waals surface area contributed by atoms with Gasteiger partial charge in [0, 0.05) is 17.3 Å². The minimum absolute atomic E-state index is 0.208. The second-order valence-electron chi connectivity index (χ2n) is 4.89. The lowest BCUT2D eigenvalue weighted by molar-refractivity contribution is 0.0793. The maximum Gasteiger partial charge on any atom is 0.259 e. The van der Waals surface area contributed by atoms with Crippen LogP contribution in [0, 0.1) is 11.3 Å². The Morgan fingerprint density at radius 3 is 2.64 bits per heavy atom. The molecule has 1 amide bonds. The summed E-state index contributed by atoms with van der Waals surface area (Å²) in [6.07, 6.45) is 3.48. The molecule has 108 valence electrons. The standard InChI is InChI=1S/C18H14N2O2/c1-22-16-9-5-8-13-10-11-20(15(12-19)17(13)16)18(21)14-6-3-2-4-7-14/h2-11,15H,1H3. The molecule has 3 rings (SSSR count). The van der Waals surface area contributed by atoms with Gasteiger partial charge in [0.1, 0.15) is 5.75 Å².